The fourth-order valence-electron chi connectivity index (χ4n) is 4.87. The van der Waals surface area contributed by atoms with E-state index in [9.17, 15) is 0 Å². The van der Waals surface area contributed by atoms with Gasteiger partial charge in [-0.05, 0) is 18.4 Å². The van der Waals surface area contributed by atoms with Crippen LogP contribution in [0, 0.1) is 0 Å². The van der Waals surface area contributed by atoms with Crippen molar-refractivity contribution in [1.82, 2.24) is 9.80 Å². The molecule has 0 spiro atoms. The molecule has 1 heterocycles. The first-order chi connectivity index (χ1) is 15.3. The quantitative estimate of drug-likeness (QED) is 0.204. The van der Waals surface area contributed by atoms with Gasteiger partial charge in [0, 0.05) is 25.5 Å². The molecule has 1 unspecified atom stereocenters. The zero-order valence-corrected chi connectivity index (χ0v) is 20.7. The largest absolute Gasteiger partial charge is 0.356 e. The molecule has 0 aromatic heterocycles. The van der Waals surface area contributed by atoms with Crippen LogP contribution in [0.15, 0.2) is 42.7 Å². The van der Waals surface area contributed by atoms with Gasteiger partial charge >= 0.3 is 0 Å². The maximum Gasteiger partial charge on any atom is 0.101 e. The number of rotatable bonds is 19. The van der Waals surface area contributed by atoms with Crippen LogP contribution in [0.25, 0.3) is 0 Å². The van der Waals surface area contributed by atoms with Gasteiger partial charge < -0.3 is 9.80 Å². The lowest BCUT2D eigenvalue weighted by Gasteiger charge is -2.32. The maximum atomic E-state index is 2.56. The molecule has 0 N–H and O–H groups in total. The first-order valence-corrected chi connectivity index (χ1v) is 13.6. The number of hydrogen-bond donors (Lipinski definition) is 0. The Kier molecular flexibility index (Phi) is 14.3. The SMILES string of the molecule is CCCCCCCCCCCCCCCCCN1C=CN(Cc2ccccc2)C1CC. The Morgan fingerprint density at radius 3 is 1.58 bits per heavy atom. The van der Waals surface area contributed by atoms with E-state index in [1.54, 1.807) is 0 Å². The normalized spacial score (nSPS) is 15.9. The van der Waals surface area contributed by atoms with E-state index < -0.39 is 0 Å². The molecule has 0 bridgehead atoms. The molecule has 0 amide bonds. The second-order valence-corrected chi connectivity index (χ2v) is 9.53. The van der Waals surface area contributed by atoms with Gasteiger partial charge in [-0.1, -0.05) is 134 Å². The molecule has 1 aliphatic heterocycles. The van der Waals surface area contributed by atoms with Crippen LogP contribution in [-0.4, -0.2) is 22.5 Å². The lowest BCUT2D eigenvalue weighted by molar-refractivity contribution is 0.140. The van der Waals surface area contributed by atoms with Crippen LogP contribution < -0.4 is 0 Å². The molecule has 1 aromatic rings. The standard InChI is InChI=1S/C29H50N2/c1-3-5-6-7-8-9-10-11-12-13-14-15-16-17-21-24-30-25-26-31(29(30)4-2)27-28-22-19-18-20-23-28/h18-20,22-23,25-26,29H,3-17,21,24,27H2,1-2H3. The summed E-state index contributed by atoms with van der Waals surface area (Å²) in [5, 5.41) is 0. The van der Waals surface area contributed by atoms with Gasteiger partial charge in [0.05, 0.1) is 0 Å². The molecule has 1 atom stereocenters. The summed E-state index contributed by atoms with van der Waals surface area (Å²) in [6.07, 6.45) is 27.8. The number of nitrogens with zero attached hydrogens (tertiary/aromatic N) is 2. The van der Waals surface area contributed by atoms with Crippen LogP contribution in [0.4, 0.5) is 0 Å². The molecule has 2 nitrogen and oxygen atoms in total. The Labute approximate surface area is 194 Å². The van der Waals surface area contributed by atoms with Crippen LogP contribution >= 0.6 is 0 Å². The van der Waals surface area contributed by atoms with Crippen molar-refractivity contribution in [2.45, 2.75) is 129 Å². The van der Waals surface area contributed by atoms with Crippen LogP contribution in [-0.2, 0) is 6.54 Å². The molecule has 1 aliphatic rings. The molecule has 0 radical (unpaired) electrons. The summed E-state index contributed by atoms with van der Waals surface area (Å²) in [6, 6.07) is 10.9. The van der Waals surface area contributed by atoms with Crippen molar-refractivity contribution in [3.05, 3.63) is 48.3 Å². The van der Waals surface area contributed by atoms with Crippen molar-refractivity contribution in [3.8, 4) is 0 Å². The highest BCUT2D eigenvalue weighted by atomic mass is 15.4. The topological polar surface area (TPSA) is 6.48 Å². The van der Waals surface area contributed by atoms with Crippen molar-refractivity contribution in [2.24, 2.45) is 0 Å². The number of unbranched alkanes of at least 4 members (excludes halogenated alkanes) is 14. The Morgan fingerprint density at radius 1 is 0.581 bits per heavy atom. The van der Waals surface area contributed by atoms with Crippen LogP contribution in [0.1, 0.15) is 122 Å². The first-order valence-electron chi connectivity index (χ1n) is 13.6. The van der Waals surface area contributed by atoms with E-state index in [0.717, 1.165) is 6.54 Å². The van der Waals surface area contributed by atoms with Crippen molar-refractivity contribution < 1.29 is 0 Å². The van der Waals surface area contributed by atoms with Gasteiger partial charge in [0.15, 0.2) is 0 Å². The highest BCUT2D eigenvalue weighted by Gasteiger charge is 2.23. The second-order valence-electron chi connectivity index (χ2n) is 9.53. The lowest BCUT2D eigenvalue weighted by Crippen LogP contribution is -2.38. The average molecular weight is 427 g/mol. The summed E-state index contributed by atoms with van der Waals surface area (Å²) in [5.41, 5.74) is 1.40. The molecule has 31 heavy (non-hydrogen) atoms. The van der Waals surface area contributed by atoms with E-state index in [-0.39, 0.29) is 0 Å². The van der Waals surface area contributed by atoms with Gasteiger partial charge in [0.2, 0.25) is 0 Å². The Balaban J connectivity index is 1.41. The minimum absolute atomic E-state index is 0.534. The molecule has 0 saturated heterocycles. The third-order valence-corrected chi connectivity index (χ3v) is 6.81. The summed E-state index contributed by atoms with van der Waals surface area (Å²) in [5.74, 6) is 0. The maximum absolute atomic E-state index is 2.56. The van der Waals surface area contributed by atoms with Crippen molar-refractivity contribution in [2.75, 3.05) is 6.54 Å². The van der Waals surface area contributed by atoms with Crippen molar-refractivity contribution >= 4 is 0 Å². The fourth-order valence-corrected chi connectivity index (χ4v) is 4.87. The van der Waals surface area contributed by atoms with E-state index in [1.807, 2.05) is 0 Å². The fraction of sp³-hybridized carbons (Fsp3) is 0.724. The third-order valence-electron chi connectivity index (χ3n) is 6.81. The molecule has 1 aromatic carbocycles. The molecular formula is C29H50N2. The molecule has 0 fully saturated rings. The Morgan fingerprint density at radius 2 is 1.06 bits per heavy atom. The van der Waals surface area contributed by atoms with Crippen molar-refractivity contribution in [3.63, 3.8) is 0 Å². The predicted octanol–water partition coefficient (Wildman–Crippen LogP) is 8.88. The summed E-state index contributed by atoms with van der Waals surface area (Å²) >= 11 is 0. The summed E-state index contributed by atoms with van der Waals surface area (Å²) < 4.78 is 0. The molecule has 176 valence electrons. The van der Waals surface area contributed by atoms with Crippen molar-refractivity contribution in [1.29, 1.82) is 0 Å². The number of hydrogen-bond acceptors (Lipinski definition) is 2. The predicted molar refractivity (Wildman–Crippen MR) is 137 cm³/mol. The van der Waals surface area contributed by atoms with Crippen LogP contribution in [0.3, 0.4) is 0 Å². The minimum Gasteiger partial charge on any atom is -0.356 e. The first kappa shape index (κ1) is 25.8. The second kappa shape index (κ2) is 17.2. The van der Waals surface area contributed by atoms with E-state index in [4.69, 9.17) is 0 Å². The molecular weight excluding hydrogens is 376 g/mol. The van der Waals surface area contributed by atoms with Gasteiger partial charge in [-0.2, -0.15) is 0 Å². The zero-order chi connectivity index (χ0) is 22.0. The third kappa shape index (κ3) is 11.1. The van der Waals surface area contributed by atoms with Gasteiger partial charge in [0.1, 0.15) is 6.17 Å². The lowest BCUT2D eigenvalue weighted by atomic mass is 10.0. The van der Waals surface area contributed by atoms with Crippen LogP contribution in [0.5, 0.6) is 0 Å². The smallest absolute Gasteiger partial charge is 0.101 e. The monoisotopic (exact) mass is 426 g/mol. The molecule has 2 heteroatoms. The van der Waals surface area contributed by atoms with Gasteiger partial charge in [-0.15, -0.1) is 0 Å². The van der Waals surface area contributed by atoms with E-state index >= 15 is 0 Å². The minimum atomic E-state index is 0.534. The average Bonchev–Trinajstić information content (AvgIpc) is 3.18. The molecule has 0 saturated carbocycles. The number of benzene rings is 1. The highest BCUT2D eigenvalue weighted by Crippen LogP contribution is 2.22. The Hall–Kier alpha value is -1.44. The van der Waals surface area contributed by atoms with E-state index in [0.29, 0.717) is 6.17 Å². The summed E-state index contributed by atoms with van der Waals surface area (Å²) in [6.45, 7) is 6.84. The van der Waals surface area contributed by atoms with Gasteiger partial charge in [0.25, 0.3) is 0 Å². The van der Waals surface area contributed by atoms with E-state index in [2.05, 4.69) is 66.4 Å². The summed E-state index contributed by atoms with van der Waals surface area (Å²) in [7, 11) is 0. The highest BCUT2D eigenvalue weighted by molar-refractivity contribution is 5.15. The summed E-state index contributed by atoms with van der Waals surface area (Å²) in [4.78, 5) is 5.06. The zero-order valence-electron chi connectivity index (χ0n) is 20.7. The van der Waals surface area contributed by atoms with Gasteiger partial charge in [-0.3, -0.25) is 0 Å². The van der Waals surface area contributed by atoms with Gasteiger partial charge in [-0.25, -0.2) is 0 Å². The Bertz CT molecular complexity index is 553. The molecule has 2 rings (SSSR count). The van der Waals surface area contributed by atoms with Crippen LogP contribution in [0.2, 0.25) is 0 Å². The molecule has 0 aliphatic carbocycles. The van der Waals surface area contributed by atoms with E-state index in [1.165, 1.54) is 115 Å².